The van der Waals surface area contributed by atoms with E-state index in [0.29, 0.717) is 5.56 Å². The van der Waals surface area contributed by atoms with Crippen molar-refractivity contribution in [1.29, 1.82) is 0 Å². The molecule has 4 aromatic rings. The van der Waals surface area contributed by atoms with Crippen molar-refractivity contribution in [3.8, 4) is 11.3 Å². The van der Waals surface area contributed by atoms with E-state index in [0.717, 1.165) is 53.3 Å². The average Bonchev–Trinajstić information content (AvgIpc) is 3.33. The number of carbonyl (C=O) groups excluding carboxylic acids is 1. The molecule has 33 heavy (non-hydrogen) atoms. The summed E-state index contributed by atoms with van der Waals surface area (Å²) in [6.45, 7) is 5.34. The molecular weight excluding hydrogens is 432 g/mol. The normalized spacial score (nSPS) is 14.2. The van der Waals surface area contributed by atoms with E-state index >= 15 is 0 Å². The van der Waals surface area contributed by atoms with Crippen LogP contribution in [0.3, 0.4) is 0 Å². The van der Waals surface area contributed by atoms with E-state index in [1.165, 1.54) is 10.6 Å². The number of amides is 1. The lowest BCUT2D eigenvalue weighted by Crippen LogP contribution is -2.35. The lowest BCUT2D eigenvalue weighted by Gasteiger charge is -2.27. The monoisotopic (exact) mass is 456 g/mol. The number of nitrogens with zero attached hydrogens (tertiary/aromatic N) is 3. The largest absolute Gasteiger partial charge is 0.378 e. The van der Waals surface area contributed by atoms with Crippen molar-refractivity contribution in [2.75, 3.05) is 31.2 Å². The quantitative estimate of drug-likeness (QED) is 0.344. The first-order valence-corrected chi connectivity index (χ1v) is 11.7. The number of rotatable bonds is 5. The highest BCUT2D eigenvalue weighted by atomic mass is 32.1. The molecule has 166 valence electrons. The molecule has 0 radical (unpaired) electrons. The Bertz CT molecular complexity index is 1310. The van der Waals surface area contributed by atoms with Crippen LogP contribution in [-0.2, 0) is 4.74 Å². The van der Waals surface area contributed by atoms with E-state index in [1.807, 2.05) is 67.6 Å². The molecule has 1 aliphatic heterocycles. The van der Waals surface area contributed by atoms with Crippen LogP contribution in [0.25, 0.3) is 22.2 Å². The lowest BCUT2D eigenvalue weighted by molar-refractivity contribution is 0.0956. The fourth-order valence-electron chi connectivity index (χ4n) is 3.82. The van der Waals surface area contributed by atoms with Crippen LogP contribution >= 0.6 is 11.3 Å². The van der Waals surface area contributed by atoms with E-state index in [-0.39, 0.29) is 5.91 Å². The Kier molecular flexibility index (Phi) is 6.15. The topological polar surface area (TPSA) is 66.8 Å². The molecule has 0 spiro atoms. The van der Waals surface area contributed by atoms with Crippen LogP contribution in [0.5, 0.6) is 0 Å². The summed E-state index contributed by atoms with van der Waals surface area (Å²) in [5.74, 6) is -0.261. The van der Waals surface area contributed by atoms with Crippen molar-refractivity contribution < 1.29 is 9.53 Å². The molecule has 6 nitrogen and oxygen atoms in total. The van der Waals surface area contributed by atoms with Gasteiger partial charge in [0, 0.05) is 28.9 Å². The number of anilines is 1. The molecule has 0 aliphatic carbocycles. The van der Waals surface area contributed by atoms with Gasteiger partial charge in [0.1, 0.15) is 0 Å². The molecule has 0 saturated carbocycles. The number of nitrogens with one attached hydrogen (secondary N) is 1. The molecule has 5 rings (SSSR count). The number of ether oxygens (including phenoxy) is 1. The molecule has 2 aromatic heterocycles. The van der Waals surface area contributed by atoms with Crippen LogP contribution in [0, 0.1) is 6.92 Å². The number of benzene rings is 2. The number of fused-ring (bicyclic) bond motifs is 1. The van der Waals surface area contributed by atoms with Gasteiger partial charge in [-0.1, -0.05) is 48.0 Å². The van der Waals surface area contributed by atoms with Gasteiger partial charge in [0.05, 0.1) is 41.2 Å². The number of aromatic nitrogens is 1. The van der Waals surface area contributed by atoms with E-state index in [1.54, 1.807) is 17.6 Å². The summed E-state index contributed by atoms with van der Waals surface area (Å²) in [6, 6.07) is 21.7. The molecule has 1 amide bonds. The highest BCUT2D eigenvalue weighted by molar-refractivity contribution is 7.17. The summed E-state index contributed by atoms with van der Waals surface area (Å²) < 4.78 is 5.42. The van der Waals surface area contributed by atoms with Crippen LogP contribution in [0.4, 0.5) is 5.00 Å². The number of carbonyl (C=O) groups is 1. The van der Waals surface area contributed by atoms with Crippen LogP contribution < -0.4 is 10.3 Å². The molecule has 0 atom stereocenters. The van der Waals surface area contributed by atoms with Gasteiger partial charge in [0.15, 0.2) is 0 Å². The first-order chi connectivity index (χ1) is 16.2. The standard InChI is InChI=1S/C26H24N4O2S/c1-18-6-8-19(9-7-18)24-16-22(21-4-2-3-5-23(21)28-24)26(31)29-27-17-20-10-11-25(33-20)30-12-14-32-15-13-30/h2-11,16-17H,12-15H2,1H3,(H,29,31)/b27-17+. The molecule has 3 heterocycles. The summed E-state index contributed by atoms with van der Waals surface area (Å²) in [4.78, 5) is 21.1. The zero-order valence-electron chi connectivity index (χ0n) is 18.3. The molecular formula is C26H24N4O2S. The van der Waals surface area contributed by atoms with Crippen molar-refractivity contribution in [1.82, 2.24) is 10.4 Å². The fourth-order valence-corrected chi connectivity index (χ4v) is 4.75. The number of morpholine rings is 1. The Morgan fingerprint density at radius 3 is 2.70 bits per heavy atom. The third-order valence-electron chi connectivity index (χ3n) is 5.60. The van der Waals surface area contributed by atoms with Gasteiger partial charge in [0.2, 0.25) is 0 Å². The van der Waals surface area contributed by atoms with Crippen LogP contribution in [0.1, 0.15) is 20.8 Å². The number of pyridine rings is 1. The molecule has 2 aromatic carbocycles. The molecule has 0 unspecified atom stereocenters. The molecule has 1 N–H and O–H groups in total. The van der Waals surface area contributed by atoms with Gasteiger partial charge >= 0.3 is 0 Å². The maximum Gasteiger partial charge on any atom is 0.272 e. The van der Waals surface area contributed by atoms with Gasteiger partial charge in [-0.05, 0) is 31.2 Å². The second kappa shape index (κ2) is 9.52. The third kappa shape index (κ3) is 4.79. The first kappa shape index (κ1) is 21.3. The smallest absolute Gasteiger partial charge is 0.272 e. The highest BCUT2D eigenvalue weighted by Crippen LogP contribution is 2.26. The van der Waals surface area contributed by atoms with Gasteiger partial charge in [-0.3, -0.25) is 4.79 Å². The molecule has 1 aliphatic rings. The third-order valence-corrected chi connectivity index (χ3v) is 6.68. The van der Waals surface area contributed by atoms with E-state index in [4.69, 9.17) is 9.72 Å². The van der Waals surface area contributed by atoms with E-state index in [2.05, 4.69) is 21.5 Å². The second-order valence-corrected chi connectivity index (χ2v) is 9.01. The highest BCUT2D eigenvalue weighted by Gasteiger charge is 2.15. The van der Waals surface area contributed by atoms with Gasteiger partial charge in [-0.25, -0.2) is 10.4 Å². The Hall–Kier alpha value is -3.55. The van der Waals surface area contributed by atoms with Gasteiger partial charge in [0.25, 0.3) is 5.91 Å². The van der Waals surface area contributed by atoms with E-state index < -0.39 is 0 Å². The summed E-state index contributed by atoms with van der Waals surface area (Å²) in [6.07, 6.45) is 1.69. The molecule has 1 fully saturated rings. The molecule has 1 saturated heterocycles. The Balaban J connectivity index is 1.37. The van der Waals surface area contributed by atoms with Crippen molar-refractivity contribution >= 4 is 39.4 Å². The van der Waals surface area contributed by atoms with Crippen molar-refractivity contribution in [3.63, 3.8) is 0 Å². The Labute approximate surface area is 196 Å². The number of hydrazone groups is 1. The molecule has 7 heteroatoms. The van der Waals surface area contributed by atoms with Crippen LogP contribution in [0.15, 0.2) is 71.8 Å². The Morgan fingerprint density at radius 2 is 1.88 bits per heavy atom. The second-order valence-electron chi connectivity index (χ2n) is 7.91. The maximum absolute atomic E-state index is 13.1. The average molecular weight is 457 g/mol. The number of hydrogen-bond donors (Lipinski definition) is 1. The predicted octanol–water partition coefficient (Wildman–Crippen LogP) is 4.87. The summed E-state index contributed by atoms with van der Waals surface area (Å²) in [5, 5.41) is 6.21. The van der Waals surface area contributed by atoms with Gasteiger partial charge in [-0.2, -0.15) is 5.10 Å². The number of thiophene rings is 1. The Morgan fingerprint density at radius 1 is 1.09 bits per heavy atom. The predicted molar refractivity (Wildman–Crippen MR) is 134 cm³/mol. The SMILES string of the molecule is Cc1ccc(-c2cc(C(=O)N/N=C/c3ccc(N4CCOCC4)s3)c3ccccc3n2)cc1. The summed E-state index contributed by atoms with van der Waals surface area (Å²) in [5.41, 5.74) is 6.93. The fraction of sp³-hybridized carbons (Fsp3) is 0.192. The number of para-hydroxylation sites is 1. The maximum atomic E-state index is 13.1. The summed E-state index contributed by atoms with van der Waals surface area (Å²) in [7, 11) is 0. The minimum Gasteiger partial charge on any atom is -0.378 e. The van der Waals surface area contributed by atoms with Crippen molar-refractivity contribution in [2.45, 2.75) is 6.92 Å². The minimum atomic E-state index is -0.261. The lowest BCUT2D eigenvalue weighted by atomic mass is 10.0. The molecule has 0 bridgehead atoms. The van der Waals surface area contributed by atoms with Crippen LogP contribution in [0.2, 0.25) is 0 Å². The van der Waals surface area contributed by atoms with Crippen molar-refractivity contribution in [2.24, 2.45) is 5.10 Å². The first-order valence-electron chi connectivity index (χ1n) is 10.9. The number of hydrogen-bond acceptors (Lipinski definition) is 6. The van der Waals surface area contributed by atoms with Crippen molar-refractivity contribution in [3.05, 3.63) is 82.7 Å². The van der Waals surface area contributed by atoms with E-state index in [9.17, 15) is 4.79 Å². The summed E-state index contributed by atoms with van der Waals surface area (Å²) >= 11 is 1.65. The minimum absolute atomic E-state index is 0.261. The van der Waals surface area contributed by atoms with Gasteiger partial charge in [-0.15, -0.1) is 11.3 Å². The zero-order chi connectivity index (χ0) is 22.6. The van der Waals surface area contributed by atoms with Gasteiger partial charge < -0.3 is 9.64 Å². The van der Waals surface area contributed by atoms with Crippen LogP contribution in [-0.4, -0.2) is 43.4 Å². The number of aryl methyl sites for hydroxylation is 1. The zero-order valence-corrected chi connectivity index (χ0v) is 19.1.